The van der Waals surface area contributed by atoms with Gasteiger partial charge in [-0.1, -0.05) is 24.3 Å². The zero-order valence-corrected chi connectivity index (χ0v) is 15.9. The second-order valence-electron chi connectivity index (χ2n) is 6.64. The predicted molar refractivity (Wildman–Crippen MR) is 114 cm³/mol. The highest BCUT2D eigenvalue weighted by molar-refractivity contribution is 5.94. The Kier molecular flexibility index (Phi) is 6.47. The first-order chi connectivity index (χ1) is 14.0. The summed E-state index contributed by atoms with van der Waals surface area (Å²) in [5.41, 5.74) is 15.2. The molecule has 0 fully saturated rings. The van der Waals surface area contributed by atoms with Gasteiger partial charge in [-0.15, -0.1) is 0 Å². The summed E-state index contributed by atoms with van der Waals surface area (Å²) in [6.45, 7) is 0.468. The number of hydrogen-bond donors (Lipinski definition) is 5. The van der Waals surface area contributed by atoms with E-state index in [1.54, 1.807) is 30.3 Å². The Morgan fingerprint density at radius 3 is 2.52 bits per heavy atom. The molecular formula is C21H24N6O2. The predicted octanol–water partition coefficient (Wildman–Crippen LogP) is 2.78. The third-order valence-electron chi connectivity index (χ3n) is 4.38. The van der Waals surface area contributed by atoms with Crippen molar-refractivity contribution in [2.24, 2.45) is 0 Å². The van der Waals surface area contributed by atoms with Crippen molar-refractivity contribution in [2.75, 3.05) is 23.3 Å². The van der Waals surface area contributed by atoms with Crippen molar-refractivity contribution in [2.45, 2.75) is 19.3 Å². The van der Waals surface area contributed by atoms with Gasteiger partial charge in [-0.3, -0.25) is 14.7 Å². The Hall–Kier alpha value is -3.81. The number of amides is 2. The van der Waals surface area contributed by atoms with Gasteiger partial charge in [0.2, 0.25) is 5.91 Å². The molecule has 0 bridgehead atoms. The average Bonchev–Trinajstić information content (AvgIpc) is 3.20. The monoisotopic (exact) mass is 392 g/mol. The molecule has 150 valence electrons. The molecule has 8 heteroatoms. The Morgan fingerprint density at radius 2 is 1.76 bits per heavy atom. The van der Waals surface area contributed by atoms with E-state index in [2.05, 4.69) is 20.8 Å². The molecule has 2 amide bonds. The van der Waals surface area contributed by atoms with Crippen LogP contribution < -0.4 is 22.1 Å². The number of para-hydroxylation sites is 2. The molecule has 3 aromatic rings. The molecule has 0 spiro atoms. The molecule has 0 atom stereocenters. The van der Waals surface area contributed by atoms with Gasteiger partial charge >= 0.3 is 0 Å². The van der Waals surface area contributed by atoms with Crippen LogP contribution in [0.15, 0.2) is 54.6 Å². The lowest BCUT2D eigenvalue weighted by molar-refractivity contribution is -0.116. The van der Waals surface area contributed by atoms with Crippen molar-refractivity contribution in [1.29, 1.82) is 0 Å². The molecule has 2 aromatic carbocycles. The van der Waals surface area contributed by atoms with Crippen LogP contribution >= 0.6 is 0 Å². The molecule has 0 aliphatic carbocycles. The molecule has 0 saturated heterocycles. The third-order valence-corrected chi connectivity index (χ3v) is 4.38. The Morgan fingerprint density at radius 1 is 1.00 bits per heavy atom. The molecule has 0 radical (unpaired) electrons. The summed E-state index contributed by atoms with van der Waals surface area (Å²) in [7, 11) is 0. The van der Waals surface area contributed by atoms with Gasteiger partial charge in [-0.25, -0.2) is 0 Å². The molecule has 0 unspecified atom stereocenters. The minimum Gasteiger partial charge on any atom is -0.399 e. The van der Waals surface area contributed by atoms with Crippen LogP contribution in [0.25, 0.3) is 11.3 Å². The Balaban J connectivity index is 1.38. The highest BCUT2D eigenvalue weighted by atomic mass is 16.2. The summed E-state index contributed by atoms with van der Waals surface area (Å²) in [5.74, 6) is -0.336. The van der Waals surface area contributed by atoms with E-state index in [1.165, 1.54) is 0 Å². The number of nitrogens with zero attached hydrogens (tertiary/aromatic N) is 1. The fourth-order valence-corrected chi connectivity index (χ4v) is 2.77. The average molecular weight is 392 g/mol. The van der Waals surface area contributed by atoms with Crippen LogP contribution in [-0.4, -0.2) is 28.6 Å². The number of aromatic amines is 1. The van der Waals surface area contributed by atoms with E-state index in [0.717, 1.165) is 5.56 Å². The van der Waals surface area contributed by atoms with E-state index >= 15 is 0 Å². The lowest BCUT2D eigenvalue weighted by atomic mass is 10.1. The molecule has 0 aliphatic rings. The van der Waals surface area contributed by atoms with Gasteiger partial charge in [0.15, 0.2) is 0 Å². The van der Waals surface area contributed by atoms with E-state index in [4.69, 9.17) is 11.5 Å². The number of unbranched alkanes of at least 4 members (excludes halogenated alkanes) is 1. The maximum absolute atomic E-state index is 12.2. The minimum atomic E-state index is -0.235. The van der Waals surface area contributed by atoms with Crippen LogP contribution in [0.2, 0.25) is 0 Å². The third kappa shape index (κ3) is 5.58. The van der Waals surface area contributed by atoms with Gasteiger partial charge in [-0.2, -0.15) is 5.10 Å². The summed E-state index contributed by atoms with van der Waals surface area (Å²) in [4.78, 5) is 24.2. The van der Waals surface area contributed by atoms with Crippen LogP contribution in [0.1, 0.15) is 29.8 Å². The highest BCUT2D eigenvalue weighted by Crippen LogP contribution is 2.19. The second kappa shape index (κ2) is 9.41. The number of carbonyl (C=O) groups excluding carboxylic acids is 2. The maximum Gasteiger partial charge on any atom is 0.269 e. The van der Waals surface area contributed by atoms with E-state index in [-0.39, 0.29) is 11.8 Å². The molecule has 8 nitrogen and oxygen atoms in total. The van der Waals surface area contributed by atoms with E-state index in [9.17, 15) is 9.59 Å². The number of benzene rings is 2. The van der Waals surface area contributed by atoms with E-state index < -0.39 is 0 Å². The number of H-pyrrole nitrogens is 1. The van der Waals surface area contributed by atoms with Crippen molar-refractivity contribution < 1.29 is 9.59 Å². The lowest BCUT2D eigenvalue weighted by Crippen LogP contribution is -2.25. The van der Waals surface area contributed by atoms with Gasteiger partial charge in [0.1, 0.15) is 5.69 Å². The molecule has 7 N–H and O–H groups in total. The zero-order valence-electron chi connectivity index (χ0n) is 15.9. The van der Waals surface area contributed by atoms with Gasteiger partial charge in [-0.05, 0) is 43.2 Å². The number of rotatable bonds is 8. The smallest absolute Gasteiger partial charge is 0.269 e. The van der Waals surface area contributed by atoms with Crippen molar-refractivity contribution in [3.05, 3.63) is 60.3 Å². The Bertz CT molecular complexity index is 981. The van der Waals surface area contributed by atoms with Crippen LogP contribution in [0.4, 0.5) is 17.1 Å². The number of carbonyl (C=O) groups is 2. The van der Waals surface area contributed by atoms with Crippen LogP contribution in [0.5, 0.6) is 0 Å². The number of anilines is 3. The zero-order chi connectivity index (χ0) is 20.6. The Labute approximate surface area is 168 Å². The van der Waals surface area contributed by atoms with Gasteiger partial charge < -0.3 is 22.1 Å². The van der Waals surface area contributed by atoms with Crippen LogP contribution in [0, 0.1) is 0 Å². The maximum atomic E-state index is 12.2. The standard InChI is InChI=1S/C21H24N6O2/c22-15-10-8-14(9-11-15)18-13-19(27-26-18)21(29)24-12-4-3-7-20(28)25-17-6-2-1-5-16(17)23/h1-2,5-6,8-11,13H,3-4,7,12,22-23H2,(H,24,29)(H,25,28)(H,26,27). The molecular weight excluding hydrogens is 368 g/mol. The summed E-state index contributed by atoms with van der Waals surface area (Å²) in [6.07, 6.45) is 1.69. The quantitative estimate of drug-likeness (QED) is 0.296. The highest BCUT2D eigenvalue weighted by Gasteiger charge is 2.11. The van der Waals surface area contributed by atoms with Crippen LogP contribution in [0.3, 0.4) is 0 Å². The topological polar surface area (TPSA) is 139 Å². The van der Waals surface area contributed by atoms with E-state index in [0.29, 0.717) is 54.3 Å². The van der Waals surface area contributed by atoms with Crippen LogP contribution in [-0.2, 0) is 4.79 Å². The fourth-order valence-electron chi connectivity index (χ4n) is 2.77. The first kappa shape index (κ1) is 19.9. The first-order valence-electron chi connectivity index (χ1n) is 9.37. The summed E-state index contributed by atoms with van der Waals surface area (Å²) in [5, 5.41) is 12.5. The molecule has 1 heterocycles. The molecule has 0 saturated carbocycles. The molecule has 1 aromatic heterocycles. The summed E-state index contributed by atoms with van der Waals surface area (Å²) in [6, 6.07) is 16.1. The lowest BCUT2D eigenvalue weighted by Gasteiger charge is -2.08. The molecule has 29 heavy (non-hydrogen) atoms. The number of nitrogens with one attached hydrogen (secondary N) is 3. The van der Waals surface area contributed by atoms with E-state index in [1.807, 2.05) is 24.3 Å². The fraction of sp³-hybridized carbons (Fsp3) is 0.190. The largest absolute Gasteiger partial charge is 0.399 e. The normalized spacial score (nSPS) is 10.5. The SMILES string of the molecule is Nc1ccc(-c2cc(C(=O)NCCCCC(=O)Nc3ccccc3N)[nH]n2)cc1. The molecule has 0 aliphatic heterocycles. The number of nitrogen functional groups attached to an aromatic ring is 2. The van der Waals surface area contributed by atoms with Gasteiger partial charge in [0.25, 0.3) is 5.91 Å². The van der Waals surface area contributed by atoms with Crippen molar-refractivity contribution >= 4 is 28.9 Å². The number of hydrogen-bond acceptors (Lipinski definition) is 5. The second-order valence-corrected chi connectivity index (χ2v) is 6.64. The van der Waals surface area contributed by atoms with Crippen molar-refractivity contribution in [3.8, 4) is 11.3 Å². The van der Waals surface area contributed by atoms with Gasteiger partial charge in [0.05, 0.1) is 17.1 Å². The first-order valence-corrected chi connectivity index (χ1v) is 9.37. The molecule has 3 rings (SSSR count). The van der Waals surface area contributed by atoms with Crippen molar-refractivity contribution in [3.63, 3.8) is 0 Å². The van der Waals surface area contributed by atoms with Crippen molar-refractivity contribution in [1.82, 2.24) is 15.5 Å². The summed E-state index contributed by atoms with van der Waals surface area (Å²) >= 11 is 0. The minimum absolute atomic E-state index is 0.101. The van der Waals surface area contributed by atoms with Gasteiger partial charge in [0, 0.05) is 24.2 Å². The summed E-state index contributed by atoms with van der Waals surface area (Å²) < 4.78 is 0. The number of nitrogens with two attached hydrogens (primary N) is 2. The number of aromatic nitrogens is 2.